The van der Waals surface area contributed by atoms with Crippen molar-refractivity contribution in [1.29, 1.82) is 0 Å². The van der Waals surface area contributed by atoms with Gasteiger partial charge in [0.2, 0.25) is 5.91 Å². The molecular weight excluding hydrogens is 486 g/mol. The molecule has 5 aromatic rings. The van der Waals surface area contributed by atoms with Crippen molar-refractivity contribution in [3.63, 3.8) is 0 Å². The molecule has 2 amide bonds. The van der Waals surface area contributed by atoms with Crippen molar-refractivity contribution in [3.8, 4) is 11.1 Å². The van der Waals surface area contributed by atoms with E-state index in [0.29, 0.717) is 11.4 Å². The van der Waals surface area contributed by atoms with Gasteiger partial charge in [-0.15, -0.1) is 0 Å². The molecule has 2 N–H and O–H groups in total. The van der Waals surface area contributed by atoms with Crippen LogP contribution in [0.1, 0.15) is 33.1 Å². The summed E-state index contributed by atoms with van der Waals surface area (Å²) in [6, 6.07) is 29.8. The minimum atomic E-state index is -0.903. The topological polar surface area (TPSA) is 88.9 Å². The lowest BCUT2D eigenvalue weighted by molar-refractivity contribution is -0.118. The van der Waals surface area contributed by atoms with Gasteiger partial charge in [-0.2, -0.15) is 5.10 Å². The summed E-state index contributed by atoms with van der Waals surface area (Å²) in [7, 11) is 1.70. The standard InChI is InChI=1S/C32H29N5O2/c1-22-21-33-19-17-27(22)23-13-15-26(16-14-23)35-32(39)30(36-31(38)28-18-20-34-37(28)2)29(24-9-5-3-6-10-24)25-11-7-4-8-12-25/h3-21,29-30H,1-2H3,(H,35,39)(H,36,38). The van der Waals surface area contributed by atoms with Gasteiger partial charge in [0.1, 0.15) is 11.7 Å². The van der Waals surface area contributed by atoms with Crippen LogP contribution in [0.4, 0.5) is 5.69 Å². The van der Waals surface area contributed by atoms with Gasteiger partial charge in [-0.25, -0.2) is 0 Å². The van der Waals surface area contributed by atoms with Crippen molar-refractivity contribution < 1.29 is 9.59 Å². The van der Waals surface area contributed by atoms with Gasteiger partial charge in [-0.05, 0) is 59.0 Å². The van der Waals surface area contributed by atoms with Gasteiger partial charge < -0.3 is 10.6 Å². The first-order chi connectivity index (χ1) is 19.0. The molecule has 5 rings (SSSR count). The van der Waals surface area contributed by atoms with Gasteiger partial charge in [-0.3, -0.25) is 19.3 Å². The maximum absolute atomic E-state index is 13.9. The Kier molecular flexibility index (Phi) is 7.59. The lowest BCUT2D eigenvalue weighted by atomic mass is 9.84. The zero-order chi connectivity index (χ0) is 27.2. The van der Waals surface area contributed by atoms with E-state index in [4.69, 9.17) is 0 Å². The predicted molar refractivity (Wildman–Crippen MR) is 152 cm³/mol. The maximum Gasteiger partial charge on any atom is 0.270 e. The second-order valence-corrected chi connectivity index (χ2v) is 9.35. The number of pyridine rings is 1. The number of aryl methyl sites for hydroxylation is 2. The van der Waals surface area contributed by atoms with Crippen LogP contribution in [-0.4, -0.2) is 32.6 Å². The van der Waals surface area contributed by atoms with E-state index < -0.39 is 12.0 Å². The van der Waals surface area contributed by atoms with E-state index in [-0.39, 0.29) is 11.8 Å². The Hall–Kier alpha value is -5.04. The molecule has 39 heavy (non-hydrogen) atoms. The number of amides is 2. The van der Waals surface area contributed by atoms with E-state index >= 15 is 0 Å². The van der Waals surface area contributed by atoms with E-state index in [0.717, 1.165) is 27.8 Å². The Labute approximate surface area is 227 Å². The van der Waals surface area contributed by atoms with Gasteiger partial charge in [-0.1, -0.05) is 72.8 Å². The smallest absolute Gasteiger partial charge is 0.270 e. The van der Waals surface area contributed by atoms with Crippen LogP contribution in [0.25, 0.3) is 11.1 Å². The highest BCUT2D eigenvalue weighted by atomic mass is 16.2. The second-order valence-electron chi connectivity index (χ2n) is 9.35. The third-order valence-corrected chi connectivity index (χ3v) is 6.76. The Morgan fingerprint density at radius 3 is 2.00 bits per heavy atom. The van der Waals surface area contributed by atoms with Gasteiger partial charge in [0.25, 0.3) is 5.91 Å². The summed E-state index contributed by atoms with van der Waals surface area (Å²) >= 11 is 0. The molecule has 7 heteroatoms. The summed E-state index contributed by atoms with van der Waals surface area (Å²) in [6.07, 6.45) is 5.15. The summed E-state index contributed by atoms with van der Waals surface area (Å²) in [5, 5.41) is 10.1. The Morgan fingerprint density at radius 2 is 1.44 bits per heavy atom. The van der Waals surface area contributed by atoms with E-state index in [1.54, 1.807) is 25.5 Å². The summed E-state index contributed by atoms with van der Waals surface area (Å²) in [5.74, 6) is -1.13. The molecule has 0 radical (unpaired) electrons. The fourth-order valence-corrected chi connectivity index (χ4v) is 4.76. The lowest BCUT2D eigenvalue weighted by Crippen LogP contribution is -2.48. The van der Waals surface area contributed by atoms with Crippen molar-refractivity contribution in [1.82, 2.24) is 20.1 Å². The Bertz CT molecular complexity index is 1520. The number of carbonyl (C=O) groups excluding carboxylic acids is 2. The minimum absolute atomic E-state index is 0.323. The molecule has 0 spiro atoms. The van der Waals surface area contributed by atoms with Crippen molar-refractivity contribution >= 4 is 17.5 Å². The van der Waals surface area contributed by atoms with Crippen LogP contribution in [0, 0.1) is 6.92 Å². The number of nitrogens with zero attached hydrogens (tertiary/aromatic N) is 3. The summed E-state index contributed by atoms with van der Waals surface area (Å²) in [5.41, 5.74) is 6.01. The average Bonchev–Trinajstić information content (AvgIpc) is 3.40. The van der Waals surface area contributed by atoms with Gasteiger partial charge in [0, 0.05) is 37.2 Å². The minimum Gasteiger partial charge on any atom is -0.338 e. The van der Waals surface area contributed by atoms with E-state index in [1.807, 2.05) is 104 Å². The van der Waals surface area contributed by atoms with Crippen molar-refractivity contribution in [2.45, 2.75) is 18.9 Å². The van der Waals surface area contributed by atoms with Crippen LogP contribution in [0.5, 0.6) is 0 Å². The van der Waals surface area contributed by atoms with E-state index in [9.17, 15) is 9.59 Å². The number of rotatable bonds is 8. The molecule has 0 aliphatic carbocycles. The number of carbonyl (C=O) groups is 2. The van der Waals surface area contributed by atoms with Gasteiger partial charge in [0.15, 0.2) is 0 Å². The maximum atomic E-state index is 13.9. The SMILES string of the molecule is Cc1cnccc1-c1ccc(NC(=O)C(NC(=O)c2ccnn2C)C(c2ccccc2)c2ccccc2)cc1. The molecule has 2 aromatic heterocycles. The quantitative estimate of drug-likeness (QED) is 0.291. The summed E-state index contributed by atoms with van der Waals surface area (Å²) in [6.45, 7) is 2.01. The first-order valence-electron chi connectivity index (χ1n) is 12.7. The molecule has 2 heterocycles. The lowest BCUT2D eigenvalue weighted by Gasteiger charge is -2.28. The number of benzene rings is 3. The highest BCUT2D eigenvalue weighted by Gasteiger charge is 2.33. The van der Waals surface area contributed by atoms with Crippen LogP contribution >= 0.6 is 0 Å². The van der Waals surface area contributed by atoms with Crippen LogP contribution in [0.15, 0.2) is 116 Å². The number of anilines is 1. The molecule has 1 unspecified atom stereocenters. The molecule has 0 saturated heterocycles. The zero-order valence-electron chi connectivity index (χ0n) is 21.8. The second kappa shape index (κ2) is 11.6. The molecular formula is C32H29N5O2. The molecule has 7 nitrogen and oxygen atoms in total. The van der Waals surface area contributed by atoms with Crippen LogP contribution in [0.2, 0.25) is 0 Å². The molecule has 3 aromatic carbocycles. The molecule has 1 atom stereocenters. The molecule has 0 aliphatic rings. The first kappa shape index (κ1) is 25.6. The normalized spacial score (nSPS) is 11.7. The van der Waals surface area contributed by atoms with Crippen LogP contribution in [0.3, 0.4) is 0 Å². The number of hydrogen-bond acceptors (Lipinski definition) is 4. The number of nitrogens with one attached hydrogen (secondary N) is 2. The van der Waals surface area contributed by atoms with Crippen LogP contribution in [-0.2, 0) is 11.8 Å². The fourth-order valence-electron chi connectivity index (χ4n) is 4.76. The Morgan fingerprint density at radius 1 is 0.795 bits per heavy atom. The van der Waals surface area contributed by atoms with Gasteiger partial charge >= 0.3 is 0 Å². The van der Waals surface area contributed by atoms with Crippen LogP contribution < -0.4 is 10.6 Å². The fraction of sp³-hybridized carbons (Fsp3) is 0.125. The number of aromatic nitrogens is 3. The highest BCUT2D eigenvalue weighted by Crippen LogP contribution is 2.30. The predicted octanol–water partition coefficient (Wildman–Crippen LogP) is 5.36. The first-order valence-corrected chi connectivity index (χ1v) is 12.7. The summed E-state index contributed by atoms with van der Waals surface area (Å²) < 4.78 is 1.49. The van der Waals surface area contributed by atoms with Crippen molar-refractivity contribution in [3.05, 3.63) is 138 Å². The number of hydrogen-bond donors (Lipinski definition) is 2. The van der Waals surface area contributed by atoms with E-state index in [2.05, 4.69) is 20.7 Å². The van der Waals surface area contributed by atoms with E-state index in [1.165, 1.54) is 4.68 Å². The highest BCUT2D eigenvalue weighted by molar-refractivity contribution is 6.01. The largest absolute Gasteiger partial charge is 0.338 e. The molecule has 0 fully saturated rings. The third kappa shape index (κ3) is 5.78. The molecule has 0 saturated carbocycles. The van der Waals surface area contributed by atoms with Gasteiger partial charge in [0.05, 0.1) is 0 Å². The molecule has 0 bridgehead atoms. The monoisotopic (exact) mass is 515 g/mol. The average molecular weight is 516 g/mol. The Balaban J connectivity index is 1.49. The third-order valence-electron chi connectivity index (χ3n) is 6.76. The van der Waals surface area contributed by atoms with Crippen molar-refractivity contribution in [2.75, 3.05) is 5.32 Å². The zero-order valence-corrected chi connectivity index (χ0v) is 21.8. The summed E-state index contributed by atoms with van der Waals surface area (Å²) in [4.78, 5) is 31.4. The molecule has 0 aliphatic heterocycles. The van der Waals surface area contributed by atoms with Crippen molar-refractivity contribution in [2.24, 2.45) is 7.05 Å². The molecule has 194 valence electrons.